The topological polar surface area (TPSA) is 56.8 Å². The van der Waals surface area contributed by atoms with Gasteiger partial charge in [0.25, 0.3) is 0 Å². The highest BCUT2D eigenvalue weighted by molar-refractivity contribution is 5.84. The molecule has 0 radical (unpaired) electrons. The zero-order chi connectivity index (χ0) is 17.8. The van der Waals surface area contributed by atoms with Gasteiger partial charge >= 0.3 is 18.0 Å². The standard InChI is InChI=1S/C13H14F5NO4/c1-21-8-5-10(23-3)9(22-2)4-7(8)6-19-11(20)12(14,15)13(16,17)18/h4-5H,6H2,1-3H3,(H,19,20). The van der Waals surface area contributed by atoms with E-state index in [4.69, 9.17) is 14.2 Å². The van der Waals surface area contributed by atoms with Crippen LogP contribution in [0.25, 0.3) is 0 Å². The maximum Gasteiger partial charge on any atom is 0.463 e. The summed E-state index contributed by atoms with van der Waals surface area (Å²) in [6, 6.07) is 2.64. The fourth-order valence-corrected chi connectivity index (χ4v) is 1.65. The quantitative estimate of drug-likeness (QED) is 0.807. The van der Waals surface area contributed by atoms with Gasteiger partial charge in [-0.1, -0.05) is 0 Å². The van der Waals surface area contributed by atoms with Gasteiger partial charge in [-0.15, -0.1) is 0 Å². The molecule has 0 aliphatic heterocycles. The first-order valence-electron chi connectivity index (χ1n) is 6.10. The summed E-state index contributed by atoms with van der Waals surface area (Å²) in [6.45, 7) is -0.617. The van der Waals surface area contributed by atoms with E-state index in [0.717, 1.165) is 0 Å². The lowest BCUT2D eigenvalue weighted by atomic mass is 10.1. The van der Waals surface area contributed by atoms with E-state index in [-0.39, 0.29) is 22.8 Å². The minimum Gasteiger partial charge on any atom is -0.496 e. The zero-order valence-electron chi connectivity index (χ0n) is 12.4. The van der Waals surface area contributed by atoms with Crippen molar-refractivity contribution in [1.82, 2.24) is 5.32 Å². The molecule has 0 aromatic heterocycles. The molecule has 0 bridgehead atoms. The van der Waals surface area contributed by atoms with Gasteiger partial charge in [-0.3, -0.25) is 4.79 Å². The van der Waals surface area contributed by atoms with Gasteiger partial charge in [0, 0.05) is 18.2 Å². The first-order valence-corrected chi connectivity index (χ1v) is 6.10. The smallest absolute Gasteiger partial charge is 0.463 e. The number of ether oxygens (including phenoxy) is 3. The summed E-state index contributed by atoms with van der Waals surface area (Å²) < 4.78 is 77.0. The third kappa shape index (κ3) is 3.93. The Morgan fingerprint density at radius 3 is 1.87 bits per heavy atom. The number of amides is 1. The van der Waals surface area contributed by atoms with Crippen molar-refractivity contribution in [1.29, 1.82) is 0 Å². The van der Waals surface area contributed by atoms with Crippen molar-refractivity contribution in [3.63, 3.8) is 0 Å². The largest absolute Gasteiger partial charge is 0.496 e. The molecule has 0 saturated carbocycles. The van der Waals surface area contributed by atoms with Crippen LogP contribution in [0.5, 0.6) is 17.2 Å². The Morgan fingerprint density at radius 2 is 1.43 bits per heavy atom. The number of hydrogen-bond donors (Lipinski definition) is 1. The van der Waals surface area contributed by atoms with Crippen molar-refractivity contribution in [2.75, 3.05) is 21.3 Å². The van der Waals surface area contributed by atoms with Crippen LogP contribution in [0.15, 0.2) is 12.1 Å². The van der Waals surface area contributed by atoms with Crippen LogP contribution in [0.4, 0.5) is 22.0 Å². The Morgan fingerprint density at radius 1 is 0.957 bits per heavy atom. The SMILES string of the molecule is COc1cc(OC)c(OC)cc1CNC(=O)C(F)(F)C(F)(F)F. The Kier molecular flexibility index (Phi) is 5.62. The van der Waals surface area contributed by atoms with E-state index in [9.17, 15) is 26.7 Å². The van der Waals surface area contributed by atoms with Crippen LogP contribution in [-0.4, -0.2) is 39.3 Å². The number of halogens is 5. The van der Waals surface area contributed by atoms with Gasteiger partial charge in [0.2, 0.25) is 0 Å². The molecule has 23 heavy (non-hydrogen) atoms. The molecular formula is C13H14F5NO4. The first-order chi connectivity index (χ1) is 10.6. The highest BCUT2D eigenvalue weighted by Gasteiger charge is 2.63. The molecule has 1 rings (SSSR count). The monoisotopic (exact) mass is 343 g/mol. The molecule has 0 aliphatic carbocycles. The van der Waals surface area contributed by atoms with Crippen molar-refractivity contribution in [2.24, 2.45) is 0 Å². The summed E-state index contributed by atoms with van der Waals surface area (Å²) >= 11 is 0. The van der Waals surface area contributed by atoms with Gasteiger partial charge in [-0.25, -0.2) is 0 Å². The van der Waals surface area contributed by atoms with Crippen LogP contribution < -0.4 is 19.5 Å². The highest BCUT2D eigenvalue weighted by atomic mass is 19.4. The van der Waals surface area contributed by atoms with Crippen molar-refractivity contribution in [3.8, 4) is 17.2 Å². The third-order valence-corrected chi connectivity index (χ3v) is 2.87. The lowest BCUT2D eigenvalue weighted by molar-refractivity contribution is -0.269. The van der Waals surface area contributed by atoms with Gasteiger partial charge in [-0.05, 0) is 6.07 Å². The van der Waals surface area contributed by atoms with E-state index in [1.807, 2.05) is 0 Å². The van der Waals surface area contributed by atoms with E-state index in [0.29, 0.717) is 0 Å². The maximum atomic E-state index is 12.9. The number of carbonyl (C=O) groups excluding carboxylic acids is 1. The van der Waals surface area contributed by atoms with Crippen LogP contribution in [0.1, 0.15) is 5.56 Å². The summed E-state index contributed by atoms with van der Waals surface area (Å²) in [4.78, 5) is 11.1. The lowest BCUT2D eigenvalue weighted by Gasteiger charge is -2.19. The van der Waals surface area contributed by atoms with E-state index in [2.05, 4.69) is 0 Å². The molecule has 0 fully saturated rings. The van der Waals surface area contributed by atoms with Crippen molar-refractivity contribution >= 4 is 5.91 Å². The summed E-state index contributed by atoms with van der Waals surface area (Å²) in [6.07, 6.45) is -5.97. The van der Waals surface area contributed by atoms with Crippen LogP contribution in [0.2, 0.25) is 0 Å². The van der Waals surface area contributed by atoms with Crippen LogP contribution in [0.3, 0.4) is 0 Å². The molecular weight excluding hydrogens is 329 g/mol. The average molecular weight is 343 g/mol. The van der Waals surface area contributed by atoms with E-state index in [1.54, 1.807) is 0 Å². The van der Waals surface area contributed by atoms with Crippen LogP contribution in [-0.2, 0) is 11.3 Å². The van der Waals surface area contributed by atoms with E-state index in [1.165, 1.54) is 38.8 Å². The predicted molar refractivity (Wildman–Crippen MR) is 68.9 cm³/mol. The summed E-state index contributed by atoms with van der Waals surface area (Å²) in [7, 11) is 3.92. The number of carbonyl (C=O) groups is 1. The van der Waals surface area contributed by atoms with Crippen molar-refractivity contribution in [3.05, 3.63) is 17.7 Å². The normalized spacial score (nSPS) is 11.8. The summed E-state index contributed by atoms with van der Waals surface area (Å²) in [5.74, 6) is -7.36. The molecule has 5 nitrogen and oxygen atoms in total. The van der Waals surface area contributed by atoms with E-state index < -0.39 is 24.6 Å². The van der Waals surface area contributed by atoms with Gasteiger partial charge in [-0.2, -0.15) is 22.0 Å². The minimum atomic E-state index is -5.97. The maximum absolute atomic E-state index is 12.9. The highest BCUT2D eigenvalue weighted by Crippen LogP contribution is 2.37. The second kappa shape index (κ2) is 6.88. The molecule has 0 atom stereocenters. The van der Waals surface area contributed by atoms with Crippen LogP contribution in [0, 0.1) is 0 Å². The lowest BCUT2D eigenvalue weighted by Crippen LogP contribution is -2.50. The predicted octanol–water partition coefficient (Wildman–Crippen LogP) is 2.53. The molecule has 1 N–H and O–H groups in total. The molecule has 130 valence electrons. The van der Waals surface area contributed by atoms with Crippen LogP contribution >= 0.6 is 0 Å². The number of rotatable bonds is 6. The first kappa shape index (κ1) is 18.8. The molecule has 0 saturated heterocycles. The molecule has 1 aromatic rings. The number of methoxy groups -OCH3 is 3. The molecule has 0 heterocycles. The summed E-state index contributed by atoms with van der Waals surface area (Å²) in [5.41, 5.74) is 0.136. The fourth-order valence-electron chi connectivity index (χ4n) is 1.65. The fraction of sp³-hybridized carbons (Fsp3) is 0.462. The Hall–Kier alpha value is -2.26. The zero-order valence-corrected chi connectivity index (χ0v) is 12.4. The average Bonchev–Trinajstić information content (AvgIpc) is 2.50. The number of alkyl halides is 5. The minimum absolute atomic E-state index is 0.123. The Labute approximate surface area is 128 Å². The third-order valence-electron chi connectivity index (χ3n) is 2.87. The van der Waals surface area contributed by atoms with Crippen molar-refractivity contribution < 1.29 is 41.0 Å². The molecule has 0 aliphatic rings. The number of hydrogen-bond acceptors (Lipinski definition) is 4. The second-order valence-corrected chi connectivity index (χ2v) is 4.27. The molecule has 10 heteroatoms. The second-order valence-electron chi connectivity index (χ2n) is 4.27. The summed E-state index contributed by atoms with van der Waals surface area (Å²) in [5, 5.41) is 1.52. The molecule has 1 amide bonds. The Balaban J connectivity index is 2.99. The molecule has 1 aromatic carbocycles. The Bertz CT molecular complexity index is 574. The van der Waals surface area contributed by atoms with Gasteiger partial charge in [0.15, 0.2) is 11.5 Å². The van der Waals surface area contributed by atoms with E-state index >= 15 is 0 Å². The van der Waals surface area contributed by atoms with Gasteiger partial charge < -0.3 is 19.5 Å². The van der Waals surface area contributed by atoms with Crippen molar-refractivity contribution in [2.45, 2.75) is 18.6 Å². The molecule has 0 unspecified atom stereocenters. The van der Waals surface area contributed by atoms with Gasteiger partial charge in [0.05, 0.1) is 21.3 Å². The number of benzene rings is 1. The number of nitrogens with one attached hydrogen (secondary N) is 1. The van der Waals surface area contributed by atoms with Gasteiger partial charge in [0.1, 0.15) is 5.75 Å². The molecule has 0 spiro atoms.